The van der Waals surface area contributed by atoms with Crippen LogP contribution >= 0.6 is 23.6 Å². The third-order valence-corrected chi connectivity index (χ3v) is 5.37. The Morgan fingerprint density at radius 2 is 2.21 bits per heavy atom. The van der Waals surface area contributed by atoms with Crippen molar-refractivity contribution in [2.75, 3.05) is 0 Å². The van der Waals surface area contributed by atoms with Gasteiger partial charge in [-0.25, -0.2) is 0 Å². The molecule has 102 valence electrons. The Balaban J connectivity index is 2.37. The number of aromatic nitrogens is 2. The molecule has 1 aliphatic carbocycles. The SMILES string of the molecule is CC(C)n1c(=S)[nH]c2sc3c(c2c1=O)CC[C@H](C)C3. The number of nitrogens with one attached hydrogen (secondary N) is 1. The predicted octanol–water partition coefficient (Wildman–Crippen LogP) is 3.83. The molecule has 0 unspecified atom stereocenters. The number of hydrogen-bond acceptors (Lipinski definition) is 3. The van der Waals surface area contributed by atoms with Gasteiger partial charge in [-0.2, -0.15) is 0 Å². The molecule has 5 heteroatoms. The Bertz CT molecular complexity index is 751. The molecule has 0 bridgehead atoms. The summed E-state index contributed by atoms with van der Waals surface area (Å²) in [6.45, 7) is 6.28. The van der Waals surface area contributed by atoms with Gasteiger partial charge in [-0.15, -0.1) is 11.3 Å². The number of hydrogen-bond donors (Lipinski definition) is 1. The Hall–Kier alpha value is -0.940. The standard InChI is InChI=1S/C14H18N2OS2/c1-7(2)16-13(17)11-9-5-4-8(3)6-10(9)19-12(11)15-14(16)18/h7-8H,4-6H2,1-3H3,(H,15,18)/t8-/m0/s1. The number of aryl methyl sites for hydroxylation is 1. The van der Waals surface area contributed by atoms with E-state index in [-0.39, 0.29) is 11.6 Å². The van der Waals surface area contributed by atoms with Crippen molar-refractivity contribution in [2.24, 2.45) is 5.92 Å². The maximum absolute atomic E-state index is 12.7. The molecule has 0 amide bonds. The maximum Gasteiger partial charge on any atom is 0.263 e. The van der Waals surface area contributed by atoms with Crippen LogP contribution in [0.5, 0.6) is 0 Å². The topological polar surface area (TPSA) is 37.8 Å². The van der Waals surface area contributed by atoms with Crippen molar-refractivity contribution in [3.8, 4) is 0 Å². The molecule has 0 spiro atoms. The molecule has 0 saturated heterocycles. The van der Waals surface area contributed by atoms with E-state index in [0.29, 0.717) is 4.77 Å². The molecule has 0 saturated carbocycles. The number of rotatable bonds is 1. The van der Waals surface area contributed by atoms with Gasteiger partial charge in [-0.3, -0.25) is 9.36 Å². The fraction of sp³-hybridized carbons (Fsp3) is 0.571. The number of aromatic amines is 1. The van der Waals surface area contributed by atoms with Gasteiger partial charge in [-0.05, 0) is 56.8 Å². The highest BCUT2D eigenvalue weighted by molar-refractivity contribution is 7.71. The molecule has 1 atom stereocenters. The fourth-order valence-electron chi connectivity index (χ4n) is 2.90. The highest BCUT2D eigenvalue weighted by Gasteiger charge is 2.23. The normalized spacial score (nSPS) is 19.1. The van der Waals surface area contributed by atoms with Crippen LogP contribution in [-0.2, 0) is 12.8 Å². The van der Waals surface area contributed by atoms with Crippen LogP contribution in [0.3, 0.4) is 0 Å². The van der Waals surface area contributed by atoms with E-state index in [1.54, 1.807) is 15.9 Å². The molecule has 19 heavy (non-hydrogen) atoms. The molecule has 0 radical (unpaired) electrons. The minimum Gasteiger partial charge on any atom is -0.323 e. The molecule has 0 aromatic carbocycles. The molecule has 2 aromatic heterocycles. The van der Waals surface area contributed by atoms with E-state index in [2.05, 4.69) is 11.9 Å². The van der Waals surface area contributed by atoms with Crippen LogP contribution in [0.1, 0.15) is 43.7 Å². The van der Waals surface area contributed by atoms with Gasteiger partial charge in [0.15, 0.2) is 4.77 Å². The van der Waals surface area contributed by atoms with Gasteiger partial charge in [0, 0.05) is 10.9 Å². The summed E-state index contributed by atoms with van der Waals surface area (Å²) >= 11 is 7.04. The average Bonchev–Trinajstić information content (AvgIpc) is 2.65. The number of fused-ring (bicyclic) bond motifs is 3. The third-order valence-electron chi connectivity index (χ3n) is 3.90. The third kappa shape index (κ3) is 1.99. The first kappa shape index (κ1) is 13.1. The molecule has 2 heterocycles. The summed E-state index contributed by atoms with van der Waals surface area (Å²) in [5.74, 6) is 0.718. The molecule has 0 fully saturated rings. The molecular formula is C14H18N2OS2. The van der Waals surface area contributed by atoms with E-state index < -0.39 is 0 Å². The van der Waals surface area contributed by atoms with Crippen LogP contribution in [0.25, 0.3) is 10.2 Å². The van der Waals surface area contributed by atoms with E-state index in [1.807, 2.05) is 13.8 Å². The summed E-state index contributed by atoms with van der Waals surface area (Å²) in [5, 5.41) is 0.884. The smallest absolute Gasteiger partial charge is 0.263 e. The molecule has 1 N–H and O–H groups in total. The van der Waals surface area contributed by atoms with E-state index >= 15 is 0 Å². The second-order valence-corrected chi connectivity index (χ2v) is 7.25. The van der Waals surface area contributed by atoms with Crippen molar-refractivity contribution in [3.63, 3.8) is 0 Å². The van der Waals surface area contributed by atoms with Crippen LogP contribution in [0.2, 0.25) is 0 Å². The lowest BCUT2D eigenvalue weighted by Gasteiger charge is -2.17. The summed E-state index contributed by atoms with van der Waals surface area (Å²) in [4.78, 5) is 18.3. The minimum atomic E-state index is 0.0841. The first-order chi connectivity index (χ1) is 8.99. The zero-order chi connectivity index (χ0) is 13.7. The first-order valence-electron chi connectivity index (χ1n) is 6.78. The monoisotopic (exact) mass is 294 g/mol. The van der Waals surface area contributed by atoms with Gasteiger partial charge >= 0.3 is 0 Å². The quantitative estimate of drug-likeness (QED) is 0.812. The maximum atomic E-state index is 12.7. The lowest BCUT2D eigenvalue weighted by Crippen LogP contribution is -2.24. The zero-order valence-corrected chi connectivity index (χ0v) is 13.1. The number of H-pyrrole nitrogens is 1. The lowest BCUT2D eigenvalue weighted by molar-refractivity contribution is 0.508. The summed E-state index contributed by atoms with van der Waals surface area (Å²) in [7, 11) is 0. The van der Waals surface area contributed by atoms with E-state index in [1.165, 1.54) is 16.9 Å². The summed E-state index contributed by atoms with van der Waals surface area (Å²) in [5.41, 5.74) is 1.35. The van der Waals surface area contributed by atoms with Crippen LogP contribution in [-0.4, -0.2) is 9.55 Å². The fourth-order valence-corrected chi connectivity index (χ4v) is 4.77. The minimum absolute atomic E-state index is 0.0841. The van der Waals surface area contributed by atoms with E-state index in [0.717, 1.165) is 29.0 Å². The van der Waals surface area contributed by atoms with Crippen LogP contribution < -0.4 is 5.56 Å². The second-order valence-electron chi connectivity index (χ2n) is 5.75. The Labute approximate surface area is 121 Å². The van der Waals surface area contributed by atoms with Crippen LogP contribution in [0.15, 0.2) is 4.79 Å². The zero-order valence-electron chi connectivity index (χ0n) is 11.4. The summed E-state index contributed by atoms with van der Waals surface area (Å²) in [6.07, 6.45) is 3.29. The van der Waals surface area contributed by atoms with Crippen molar-refractivity contribution in [1.82, 2.24) is 9.55 Å². The average molecular weight is 294 g/mol. The molecule has 1 aliphatic rings. The molecule has 3 nitrogen and oxygen atoms in total. The lowest BCUT2D eigenvalue weighted by atomic mass is 9.89. The van der Waals surface area contributed by atoms with Gasteiger partial charge in [0.1, 0.15) is 4.83 Å². The van der Waals surface area contributed by atoms with Gasteiger partial charge < -0.3 is 4.98 Å². The Morgan fingerprint density at radius 1 is 1.47 bits per heavy atom. The highest BCUT2D eigenvalue weighted by Crippen LogP contribution is 2.35. The second kappa shape index (κ2) is 4.56. The predicted molar refractivity (Wildman–Crippen MR) is 82.8 cm³/mol. The molecule has 0 aliphatic heterocycles. The number of thiophene rings is 1. The van der Waals surface area contributed by atoms with Crippen molar-refractivity contribution in [1.29, 1.82) is 0 Å². The van der Waals surface area contributed by atoms with Crippen LogP contribution in [0, 0.1) is 10.7 Å². The molecule has 2 aromatic rings. The summed E-state index contributed by atoms with van der Waals surface area (Å²) in [6, 6.07) is 0.0960. The van der Waals surface area contributed by atoms with E-state index in [4.69, 9.17) is 12.2 Å². The first-order valence-corrected chi connectivity index (χ1v) is 8.00. The van der Waals surface area contributed by atoms with Crippen LogP contribution in [0.4, 0.5) is 0 Å². The van der Waals surface area contributed by atoms with Gasteiger partial charge in [0.25, 0.3) is 5.56 Å². The highest BCUT2D eigenvalue weighted by atomic mass is 32.1. The summed E-state index contributed by atoms with van der Waals surface area (Å²) < 4.78 is 2.24. The molecular weight excluding hydrogens is 276 g/mol. The van der Waals surface area contributed by atoms with Crippen molar-refractivity contribution < 1.29 is 0 Å². The largest absolute Gasteiger partial charge is 0.323 e. The Kier molecular flexibility index (Phi) is 3.14. The van der Waals surface area contributed by atoms with E-state index in [9.17, 15) is 4.79 Å². The van der Waals surface area contributed by atoms with Gasteiger partial charge in [0.2, 0.25) is 0 Å². The van der Waals surface area contributed by atoms with Crippen molar-refractivity contribution in [3.05, 3.63) is 25.6 Å². The Morgan fingerprint density at radius 3 is 2.89 bits per heavy atom. The number of nitrogens with zero attached hydrogens (tertiary/aromatic N) is 1. The van der Waals surface area contributed by atoms with Gasteiger partial charge in [0.05, 0.1) is 5.39 Å². The molecule has 3 rings (SSSR count). The van der Waals surface area contributed by atoms with Gasteiger partial charge in [-0.1, -0.05) is 6.92 Å². The van der Waals surface area contributed by atoms with Crippen molar-refractivity contribution in [2.45, 2.75) is 46.1 Å². The van der Waals surface area contributed by atoms with Crippen molar-refractivity contribution >= 4 is 33.8 Å².